The van der Waals surface area contributed by atoms with Gasteiger partial charge in [0.25, 0.3) is 0 Å². The zero-order chi connectivity index (χ0) is 36.3. The normalized spacial score (nSPS) is 11.6. The van der Waals surface area contributed by atoms with E-state index in [1.54, 1.807) is 0 Å². The van der Waals surface area contributed by atoms with Crippen molar-refractivity contribution in [1.29, 1.82) is 0 Å². The molecule has 0 radical (unpaired) electrons. The number of hydrogen-bond donors (Lipinski definition) is 0. The van der Waals surface area contributed by atoms with E-state index in [4.69, 9.17) is 4.42 Å². The van der Waals surface area contributed by atoms with Crippen LogP contribution in [-0.2, 0) is 0 Å². The van der Waals surface area contributed by atoms with Gasteiger partial charge in [0, 0.05) is 37.5 Å². The predicted octanol–water partition coefficient (Wildman–Crippen LogP) is 15.6. The number of furan rings is 1. The molecule has 0 aliphatic carbocycles. The number of fused-ring (bicyclic) bond motifs is 7. The largest absolute Gasteiger partial charge is 0.456 e. The highest BCUT2D eigenvalue weighted by atomic mass is 32.1. The van der Waals surface area contributed by atoms with E-state index in [1.807, 2.05) is 23.5 Å². The SMILES string of the molecule is c1ccc(-c2ccc(-c3ccc4ccccc4c3)cc2N(c2ccc(-c3ccc4c(c3)oc3ccccc34)cc2)c2cccc3c2sc2ccccc23)cc1. The number of para-hydroxylation sites is 1. The third-order valence-corrected chi connectivity index (χ3v) is 12.1. The number of thiophene rings is 1. The van der Waals surface area contributed by atoms with Crippen LogP contribution in [-0.4, -0.2) is 0 Å². The number of hydrogen-bond acceptors (Lipinski definition) is 3. The predicted molar refractivity (Wildman–Crippen MR) is 235 cm³/mol. The molecule has 0 saturated heterocycles. The summed E-state index contributed by atoms with van der Waals surface area (Å²) < 4.78 is 8.83. The van der Waals surface area contributed by atoms with Gasteiger partial charge in [-0.2, -0.15) is 0 Å². The zero-order valence-corrected chi connectivity index (χ0v) is 30.6. The molecule has 11 rings (SSSR count). The van der Waals surface area contributed by atoms with Crippen LogP contribution in [0, 0.1) is 0 Å². The molecule has 3 heteroatoms. The Labute approximate surface area is 322 Å². The molecule has 0 aliphatic rings. The van der Waals surface area contributed by atoms with Crippen molar-refractivity contribution in [1.82, 2.24) is 0 Å². The molecule has 0 fully saturated rings. The first-order valence-electron chi connectivity index (χ1n) is 18.7. The summed E-state index contributed by atoms with van der Waals surface area (Å²) in [7, 11) is 0. The molecular weight excluding hydrogens is 687 g/mol. The topological polar surface area (TPSA) is 16.4 Å². The van der Waals surface area contributed by atoms with Crippen molar-refractivity contribution in [2.45, 2.75) is 0 Å². The summed E-state index contributed by atoms with van der Waals surface area (Å²) in [5.74, 6) is 0. The Morgan fingerprint density at radius 1 is 0.364 bits per heavy atom. The summed E-state index contributed by atoms with van der Waals surface area (Å²) in [5.41, 5.74) is 12.1. The first-order chi connectivity index (χ1) is 27.2. The molecule has 0 aliphatic heterocycles. The van der Waals surface area contributed by atoms with Gasteiger partial charge in [0.05, 0.1) is 16.1 Å². The fraction of sp³-hybridized carbons (Fsp3) is 0. The Balaban J connectivity index is 1.12. The Kier molecular flexibility index (Phi) is 7.39. The minimum atomic E-state index is 0.902. The summed E-state index contributed by atoms with van der Waals surface area (Å²) in [6.45, 7) is 0. The van der Waals surface area contributed by atoms with Crippen LogP contribution < -0.4 is 4.90 Å². The third kappa shape index (κ3) is 5.40. The molecule has 0 N–H and O–H groups in total. The van der Waals surface area contributed by atoms with E-state index in [1.165, 1.54) is 53.2 Å². The molecule has 11 aromatic rings. The highest BCUT2D eigenvalue weighted by Crippen LogP contribution is 2.48. The van der Waals surface area contributed by atoms with Gasteiger partial charge in [-0.15, -0.1) is 11.3 Å². The van der Waals surface area contributed by atoms with E-state index < -0.39 is 0 Å². The van der Waals surface area contributed by atoms with Gasteiger partial charge in [-0.1, -0.05) is 146 Å². The third-order valence-electron chi connectivity index (χ3n) is 10.9. The number of anilines is 3. The van der Waals surface area contributed by atoms with Gasteiger partial charge in [0.1, 0.15) is 11.2 Å². The minimum Gasteiger partial charge on any atom is -0.456 e. The Bertz CT molecular complexity index is 3210. The summed E-state index contributed by atoms with van der Waals surface area (Å²) in [6.07, 6.45) is 0. The lowest BCUT2D eigenvalue weighted by Crippen LogP contribution is -2.11. The van der Waals surface area contributed by atoms with Crippen LogP contribution >= 0.6 is 11.3 Å². The lowest BCUT2D eigenvalue weighted by atomic mass is 9.95. The lowest BCUT2D eigenvalue weighted by molar-refractivity contribution is 0.669. The van der Waals surface area contributed by atoms with E-state index in [2.05, 4.69) is 193 Å². The zero-order valence-electron chi connectivity index (χ0n) is 29.8. The van der Waals surface area contributed by atoms with Gasteiger partial charge in [-0.3, -0.25) is 0 Å². The molecule has 55 heavy (non-hydrogen) atoms. The van der Waals surface area contributed by atoms with Crippen LogP contribution in [0.1, 0.15) is 0 Å². The van der Waals surface area contributed by atoms with E-state index in [9.17, 15) is 0 Å². The molecule has 2 nitrogen and oxygen atoms in total. The van der Waals surface area contributed by atoms with Gasteiger partial charge < -0.3 is 9.32 Å². The molecule has 0 atom stereocenters. The molecule has 0 spiro atoms. The van der Waals surface area contributed by atoms with Crippen LogP contribution in [0.3, 0.4) is 0 Å². The average Bonchev–Trinajstić information content (AvgIpc) is 3.83. The Morgan fingerprint density at radius 3 is 1.91 bits per heavy atom. The van der Waals surface area contributed by atoms with Crippen molar-refractivity contribution in [3.8, 4) is 33.4 Å². The van der Waals surface area contributed by atoms with E-state index in [-0.39, 0.29) is 0 Å². The Hall–Kier alpha value is -6.94. The second-order valence-electron chi connectivity index (χ2n) is 14.1. The van der Waals surface area contributed by atoms with Crippen LogP contribution in [0.15, 0.2) is 205 Å². The molecule has 9 aromatic carbocycles. The molecular formula is C52H33NOS. The second kappa shape index (κ2) is 12.9. The summed E-state index contributed by atoms with van der Waals surface area (Å²) >= 11 is 1.86. The van der Waals surface area contributed by atoms with Gasteiger partial charge in [0.15, 0.2) is 0 Å². The maximum atomic E-state index is 6.28. The average molecular weight is 720 g/mol. The number of benzene rings is 9. The molecule has 0 bridgehead atoms. The maximum absolute atomic E-state index is 6.28. The summed E-state index contributed by atoms with van der Waals surface area (Å²) in [6, 6.07) is 72.4. The molecule has 0 amide bonds. The second-order valence-corrected chi connectivity index (χ2v) is 15.2. The Morgan fingerprint density at radius 2 is 1.02 bits per heavy atom. The van der Waals surface area contributed by atoms with Gasteiger partial charge in [0.2, 0.25) is 0 Å². The molecule has 2 heterocycles. The first kappa shape index (κ1) is 31.6. The molecule has 2 aromatic heterocycles. The standard InChI is InChI=1S/C52H33NOS/c1-2-12-36(13-3-1)42-29-25-39(38-22-21-34-11-4-5-14-37(34)31-38)32-48(42)53(47-18-10-17-46-45-16-7-9-20-51(45)55-52(46)47)41-27-23-35(24-28-41)40-26-30-44-43-15-6-8-19-49(43)54-50(44)33-40/h1-33H. The van der Waals surface area contributed by atoms with E-state index in [0.717, 1.165) is 50.1 Å². The van der Waals surface area contributed by atoms with Crippen molar-refractivity contribution in [3.05, 3.63) is 200 Å². The van der Waals surface area contributed by atoms with Crippen molar-refractivity contribution >= 4 is 81.3 Å². The highest BCUT2D eigenvalue weighted by molar-refractivity contribution is 7.26. The van der Waals surface area contributed by atoms with Crippen LogP contribution in [0.4, 0.5) is 17.1 Å². The summed E-state index contributed by atoms with van der Waals surface area (Å²) in [5, 5.41) is 7.31. The molecule has 258 valence electrons. The molecule has 0 unspecified atom stereocenters. The quantitative estimate of drug-likeness (QED) is 0.170. The van der Waals surface area contributed by atoms with Crippen molar-refractivity contribution in [2.24, 2.45) is 0 Å². The fourth-order valence-electron chi connectivity index (χ4n) is 8.15. The number of rotatable bonds is 6. The first-order valence-corrected chi connectivity index (χ1v) is 19.5. The molecule has 0 saturated carbocycles. The fourth-order valence-corrected chi connectivity index (χ4v) is 9.36. The highest BCUT2D eigenvalue weighted by Gasteiger charge is 2.22. The van der Waals surface area contributed by atoms with Gasteiger partial charge >= 0.3 is 0 Å². The number of nitrogens with zero attached hydrogens (tertiary/aromatic N) is 1. The maximum Gasteiger partial charge on any atom is 0.136 e. The van der Waals surface area contributed by atoms with Crippen LogP contribution in [0.25, 0.3) is 86.3 Å². The summed E-state index contributed by atoms with van der Waals surface area (Å²) in [4.78, 5) is 2.47. The van der Waals surface area contributed by atoms with Crippen LogP contribution in [0.2, 0.25) is 0 Å². The van der Waals surface area contributed by atoms with Crippen molar-refractivity contribution in [3.63, 3.8) is 0 Å². The van der Waals surface area contributed by atoms with Crippen molar-refractivity contribution < 1.29 is 4.42 Å². The monoisotopic (exact) mass is 719 g/mol. The van der Waals surface area contributed by atoms with Gasteiger partial charge in [-0.25, -0.2) is 0 Å². The minimum absolute atomic E-state index is 0.902. The smallest absolute Gasteiger partial charge is 0.136 e. The van der Waals surface area contributed by atoms with E-state index >= 15 is 0 Å². The lowest BCUT2D eigenvalue weighted by Gasteiger charge is -2.29. The van der Waals surface area contributed by atoms with Crippen molar-refractivity contribution in [2.75, 3.05) is 4.90 Å². The van der Waals surface area contributed by atoms with Gasteiger partial charge in [-0.05, 0) is 93.2 Å². The van der Waals surface area contributed by atoms with Crippen LogP contribution in [0.5, 0.6) is 0 Å². The van der Waals surface area contributed by atoms with E-state index in [0.29, 0.717) is 0 Å².